The minimum atomic E-state index is -0.637. The molecule has 0 bridgehead atoms. The molecule has 2 rings (SSSR count). The Bertz CT molecular complexity index is 570. The quantitative estimate of drug-likeness (QED) is 0.318. The summed E-state index contributed by atoms with van der Waals surface area (Å²) >= 11 is 0. The minimum Gasteiger partial charge on any atom is -0.469 e. The third kappa shape index (κ3) is 5.77. The Hall–Kier alpha value is -1.46. The molecule has 5 nitrogen and oxygen atoms in total. The largest absolute Gasteiger partial charge is 0.469 e. The van der Waals surface area contributed by atoms with E-state index in [1.807, 2.05) is 24.3 Å². The van der Waals surface area contributed by atoms with E-state index in [2.05, 4.69) is 11.7 Å². The second kappa shape index (κ2) is 10.9. The zero-order valence-electron chi connectivity index (χ0n) is 17.3. The van der Waals surface area contributed by atoms with Gasteiger partial charge in [0.1, 0.15) is 5.78 Å². The maximum Gasteiger partial charge on any atom is 0.305 e. The van der Waals surface area contributed by atoms with Gasteiger partial charge in [-0.25, -0.2) is 0 Å². The van der Waals surface area contributed by atoms with E-state index < -0.39 is 6.10 Å². The highest BCUT2D eigenvalue weighted by molar-refractivity contribution is 5.84. The van der Waals surface area contributed by atoms with E-state index in [0.29, 0.717) is 19.3 Å². The first-order valence-electron chi connectivity index (χ1n) is 10.7. The van der Waals surface area contributed by atoms with Crippen LogP contribution in [-0.2, 0) is 14.3 Å². The highest BCUT2D eigenvalue weighted by Crippen LogP contribution is 2.47. The highest BCUT2D eigenvalue weighted by Gasteiger charge is 2.42. The van der Waals surface area contributed by atoms with Crippen LogP contribution in [0.1, 0.15) is 71.1 Å². The van der Waals surface area contributed by atoms with Crippen LogP contribution < -0.4 is 0 Å². The number of hydrogen-bond acceptors (Lipinski definition) is 5. The Morgan fingerprint density at radius 3 is 2.68 bits per heavy atom. The van der Waals surface area contributed by atoms with Crippen molar-refractivity contribution in [3.8, 4) is 0 Å². The molecule has 2 saturated carbocycles. The van der Waals surface area contributed by atoms with E-state index in [-0.39, 0.29) is 41.5 Å². The van der Waals surface area contributed by atoms with Crippen molar-refractivity contribution in [2.75, 3.05) is 7.11 Å². The summed E-state index contributed by atoms with van der Waals surface area (Å²) in [5, 5.41) is 20.8. The molecule has 0 saturated heterocycles. The second-order valence-corrected chi connectivity index (χ2v) is 8.35. The summed E-state index contributed by atoms with van der Waals surface area (Å²) in [5.41, 5.74) is 0.0702. The number of aliphatic hydroxyl groups is 2. The fraction of sp³-hybridized carbons (Fsp3) is 0.739. The molecule has 2 aliphatic rings. The first kappa shape index (κ1) is 22.8. The van der Waals surface area contributed by atoms with Crippen molar-refractivity contribution in [3.05, 3.63) is 24.3 Å². The number of carbonyl (C=O) groups excluding carboxylic acids is 2. The molecule has 0 spiro atoms. The first-order chi connectivity index (χ1) is 13.4. The van der Waals surface area contributed by atoms with Crippen LogP contribution in [0.25, 0.3) is 0 Å². The normalized spacial score (nSPS) is 28.0. The fourth-order valence-corrected chi connectivity index (χ4v) is 4.52. The zero-order valence-corrected chi connectivity index (χ0v) is 17.3. The van der Waals surface area contributed by atoms with Crippen LogP contribution in [0.5, 0.6) is 0 Å². The topological polar surface area (TPSA) is 83.8 Å². The summed E-state index contributed by atoms with van der Waals surface area (Å²) in [5.74, 6) is -0.491. The summed E-state index contributed by atoms with van der Waals surface area (Å²) in [6.45, 7) is 2.14. The second-order valence-electron chi connectivity index (χ2n) is 8.35. The van der Waals surface area contributed by atoms with Gasteiger partial charge in [0.05, 0.1) is 19.3 Å². The third-order valence-electron chi connectivity index (χ3n) is 6.75. The molecule has 0 aromatic carbocycles. The number of esters is 1. The van der Waals surface area contributed by atoms with E-state index in [1.54, 1.807) is 0 Å². The van der Waals surface area contributed by atoms with Gasteiger partial charge in [0.15, 0.2) is 0 Å². The van der Waals surface area contributed by atoms with Crippen molar-refractivity contribution >= 4 is 11.8 Å². The van der Waals surface area contributed by atoms with Crippen molar-refractivity contribution in [2.45, 2.75) is 83.3 Å². The van der Waals surface area contributed by atoms with E-state index in [0.717, 1.165) is 32.1 Å². The maximum atomic E-state index is 12.3. The molecule has 28 heavy (non-hydrogen) atoms. The minimum absolute atomic E-state index is 0.0702. The Morgan fingerprint density at radius 1 is 1.32 bits per heavy atom. The average molecular weight is 393 g/mol. The number of Topliss-reactive ketones (excluding diaryl/α,β-unsaturated/α-hetero) is 1. The zero-order chi connectivity index (χ0) is 20.6. The number of hydrogen-bond donors (Lipinski definition) is 2. The van der Waals surface area contributed by atoms with Gasteiger partial charge in [-0.3, -0.25) is 9.59 Å². The smallest absolute Gasteiger partial charge is 0.305 e. The molecular weight excluding hydrogens is 356 g/mol. The number of unbranched alkanes of at least 4 members (excludes halogenated alkanes) is 1. The van der Waals surface area contributed by atoms with Crippen molar-refractivity contribution in [2.24, 2.45) is 17.3 Å². The molecule has 1 unspecified atom stereocenters. The lowest BCUT2D eigenvalue weighted by Gasteiger charge is -2.45. The Balaban J connectivity index is 1.82. The molecule has 0 heterocycles. The molecule has 0 aromatic heterocycles. The van der Waals surface area contributed by atoms with Gasteiger partial charge in [0.25, 0.3) is 0 Å². The van der Waals surface area contributed by atoms with Crippen LogP contribution >= 0.6 is 0 Å². The van der Waals surface area contributed by atoms with Crippen molar-refractivity contribution in [1.82, 2.24) is 0 Å². The molecule has 5 heteroatoms. The number of ketones is 1. The Morgan fingerprint density at radius 2 is 2.07 bits per heavy atom. The van der Waals surface area contributed by atoms with Crippen LogP contribution in [0.2, 0.25) is 0 Å². The van der Waals surface area contributed by atoms with Crippen molar-refractivity contribution in [3.63, 3.8) is 0 Å². The van der Waals surface area contributed by atoms with Gasteiger partial charge in [-0.15, -0.1) is 0 Å². The van der Waals surface area contributed by atoms with Crippen molar-refractivity contribution in [1.29, 1.82) is 0 Å². The predicted molar refractivity (Wildman–Crippen MR) is 109 cm³/mol. The lowest BCUT2D eigenvalue weighted by molar-refractivity contribution is -0.140. The van der Waals surface area contributed by atoms with Crippen molar-refractivity contribution < 1.29 is 24.5 Å². The monoisotopic (exact) mass is 392 g/mol. The molecule has 0 amide bonds. The Labute approximate surface area is 168 Å². The molecular formula is C23H36O5. The lowest BCUT2D eigenvalue weighted by atomic mass is 9.63. The van der Waals surface area contributed by atoms with Crippen LogP contribution in [0, 0.1) is 17.3 Å². The van der Waals surface area contributed by atoms with E-state index in [4.69, 9.17) is 0 Å². The maximum absolute atomic E-state index is 12.3. The van der Waals surface area contributed by atoms with Gasteiger partial charge in [-0.2, -0.15) is 0 Å². The summed E-state index contributed by atoms with van der Waals surface area (Å²) < 4.78 is 4.61. The summed E-state index contributed by atoms with van der Waals surface area (Å²) in [6.07, 6.45) is 14.5. The lowest BCUT2D eigenvalue weighted by Crippen LogP contribution is -2.40. The highest BCUT2D eigenvalue weighted by atomic mass is 16.5. The number of carbonyl (C=O) groups is 2. The summed E-state index contributed by atoms with van der Waals surface area (Å²) in [7, 11) is 1.39. The van der Waals surface area contributed by atoms with E-state index >= 15 is 0 Å². The average Bonchev–Trinajstić information content (AvgIpc) is 2.90. The first-order valence-corrected chi connectivity index (χ1v) is 10.7. The van der Waals surface area contributed by atoms with Gasteiger partial charge < -0.3 is 14.9 Å². The summed E-state index contributed by atoms with van der Waals surface area (Å²) in [6, 6.07) is 0. The van der Waals surface area contributed by atoms with Crippen LogP contribution in [0.3, 0.4) is 0 Å². The van der Waals surface area contributed by atoms with Crippen LogP contribution in [-0.4, -0.2) is 41.3 Å². The number of methoxy groups -OCH3 is 1. The molecule has 2 N–H and O–H groups in total. The number of aliphatic hydroxyl groups excluding tert-OH is 2. The van der Waals surface area contributed by atoms with E-state index in [9.17, 15) is 19.8 Å². The molecule has 2 fully saturated rings. The predicted octanol–water partition coefficient (Wildman–Crippen LogP) is 3.73. The molecule has 158 valence electrons. The molecule has 0 radical (unpaired) electrons. The van der Waals surface area contributed by atoms with Gasteiger partial charge in [0.2, 0.25) is 0 Å². The SMILES string of the molecule is CCC1(C(O)C/C=C/[C@H]2[C@H](O)CC(=O)[C@@H]2C/C=C\CCCC(=O)OC)CCC1. The van der Waals surface area contributed by atoms with E-state index in [1.165, 1.54) is 13.5 Å². The molecule has 0 aliphatic heterocycles. The van der Waals surface area contributed by atoms with Gasteiger partial charge in [-0.1, -0.05) is 37.6 Å². The van der Waals surface area contributed by atoms with Gasteiger partial charge in [-0.05, 0) is 50.4 Å². The third-order valence-corrected chi connectivity index (χ3v) is 6.75. The molecule has 0 aromatic rings. The fourth-order valence-electron chi connectivity index (χ4n) is 4.52. The number of allylic oxidation sites excluding steroid dienone is 2. The summed E-state index contributed by atoms with van der Waals surface area (Å²) in [4.78, 5) is 23.3. The van der Waals surface area contributed by atoms with Crippen LogP contribution in [0.4, 0.5) is 0 Å². The number of ether oxygens (including phenoxy) is 1. The molecule has 4 atom stereocenters. The van der Waals surface area contributed by atoms with Gasteiger partial charge in [0, 0.05) is 24.7 Å². The Kier molecular flexibility index (Phi) is 8.90. The van der Waals surface area contributed by atoms with Gasteiger partial charge >= 0.3 is 5.97 Å². The standard InChI is InChI=1S/C23H36O5/c1-3-23(14-9-15-23)21(26)12-8-11-18-17(19(24)16-20(18)25)10-6-4-5-7-13-22(27)28-2/h4,6,8,11,17-18,20-21,25-26H,3,5,7,9-10,12-16H2,1-2H3/b6-4-,11-8+/t17-,18-,20-,21?/m1/s1. The molecule has 2 aliphatic carbocycles. The van der Waals surface area contributed by atoms with Crippen LogP contribution in [0.15, 0.2) is 24.3 Å². The number of rotatable bonds is 11.